The highest BCUT2D eigenvalue weighted by Gasteiger charge is 2.20. The van der Waals surface area contributed by atoms with E-state index in [0.29, 0.717) is 0 Å². The molecular weight excluding hydrogens is 247 g/mol. The Morgan fingerprint density at radius 3 is 1.50 bits per heavy atom. The predicted molar refractivity (Wildman–Crippen MR) is 67.4 cm³/mol. The molecule has 1 heterocycles. The monoisotopic (exact) mass is 269 g/mol. The summed E-state index contributed by atoms with van der Waals surface area (Å²) in [7, 11) is -6.00. The van der Waals surface area contributed by atoms with Gasteiger partial charge in [0.15, 0.2) is 0 Å². The predicted octanol–water partition coefficient (Wildman–Crippen LogP) is 3.93. The van der Waals surface area contributed by atoms with Crippen molar-refractivity contribution >= 4 is 7.25 Å². The van der Waals surface area contributed by atoms with E-state index < -0.39 is 7.25 Å². The molecule has 18 heavy (non-hydrogen) atoms. The fourth-order valence-corrected chi connectivity index (χ4v) is 1.53. The molecule has 1 aliphatic heterocycles. The summed E-state index contributed by atoms with van der Waals surface area (Å²) in [6, 6.07) is 0. The van der Waals surface area contributed by atoms with Crippen LogP contribution >= 0.6 is 0 Å². The molecule has 0 saturated heterocycles. The minimum atomic E-state index is -6.00. The van der Waals surface area contributed by atoms with Crippen LogP contribution in [0.2, 0.25) is 0 Å². The molecule has 0 amide bonds. The Hall–Kier alpha value is -0.875. The normalized spacial score (nSPS) is 14.8. The number of unbranched alkanes of at least 4 members (excludes halogenated alkanes) is 2. The van der Waals surface area contributed by atoms with Crippen LogP contribution in [-0.4, -0.2) is 36.8 Å². The van der Waals surface area contributed by atoms with E-state index in [4.69, 9.17) is 0 Å². The van der Waals surface area contributed by atoms with Gasteiger partial charge in [0, 0.05) is 25.5 Å². The van der Waals surface area contributed by atoms with Crippen molar-refractivity contribution in [3.63, 3.8) is 0 Å². The Bertz CT molecular complexity index is 212. The third kappa shape index (κ3) is 11.6. The quantitative estimate of drug-likeness (QED) is 0.532. The zero-order valence-corrected chi connectivity index (χ0v) is 11.1. The molecule has 1 aliphatic rings. The summed E-state index contributed by atoms with van der Waals surface area (Å²) in [5, 5.41) is 0. The zero-order valence-electron chi connectivity index (χ0n) is 11.1. The summed E-state index contributed by atoms with van der Waals surface area (Å²) in [5.41, 5.74) is 0. The second-order valence-electron chi connectivity index (χ2n) is 4.27. The molecule has 0 atom stereocenters. The van der Waals surface area contributed by atoms with Crippen LogP contribution in [0.1, 0.15) is 39.5 Å². The van der Waals surface area contributed by atoms with E-state index in [-0.39, 0.29) is 0 Å². The van der Waals surface area contributed by atoms with Crippen LogP contribution in [0, 0.1) is 0 Å². The molecular formula is C11H22BF4N2-. The van der Waals surface area contributed by atoms with Crippen molar-refractivity contribution in [2.75, 3.05) is 19.8 Å². The van der Waals surface area contributed by atoms with Gasteiger partial charge in [0.25, 0.3) is 0 Å². The molecule has 7 heteroatoms. The van der Waals surface area contributed by atoms with Crippen molar-refractivity contribution in [2.45, 2.75) is 39.5 Å². The van der Waals surface area contributed by atoms with E-state index >= 15 is 0 Å². The smallest absolute Gasteiger partial charge is 0.418 e. The minimum absolute atomic E-state index is 1.11. The Morgan fingerprint density at radius 2 is 1.22 bits per heavy atom. The minimum Gasteiger partial charge on any atom is -0.418 e. The lowest BCUT2D eigenvalue weighted by atomic mass is 10.3. The molecule has 108 valence electrons. The van der Waals surface area contributed by atoms with E-state index in [0.717, 1.165) is 6.67 Å². The summed E-state index contributed by atoms with van der Waals surface area (Å²) >= 11 is 0. The summed E-state index contributed by atoms with van der Waals surface area (Å²) in [6.45, 7) is 8.04. The molecule has 0 aromatic carbocycles. The lowest BCUT2D eigenvalue weighted by molar-refractivity contribution is 0.260. The fourth-order valence-electron chi connectivity index (χ4n) is 1.53. The largest absolute Gasteiger partial charge is 0.673 e. The average molecular weight is 269 g/mol. The molecule has 0 aliphatic carbocycles. The maximum atomic E-state index is 9.75. The van der Waals surface area contributed by atoms with Crippen LogP contribution in [-0.2, 0) is 0 Å². The van der Waals surface area contributed by atoms with Gasteiger partial charge in [-0.3, -0.25) is 0 Å². The summed E-state index contributed by atoms with van der Waals surface area (Å²) in [6.07, 6.45) is 9.66. The van der Waals surface area contributed by atoms with Crippen molar-refractivity contribution in [1.29, 1.82) is 0 Å². The number of hydrogen-bond donors (Lipinski definition) is 0. The number of rotatable bonds is 6. The first-order valence-corrected chi connectivity index (χ1v) is 6.40. The fraction of sp³-hybridized carbons (Fsp3) is 0.818. The van der Waals surface area contributed by atoms with Crippen LogP contribution in [0.15, 0.2) is 12.4 Å². The van der Waals surface area contributed by atoms with Crippen molar-refractivity contribution in [3.8, 4) is 0 Å². The SMILES string of the molecule is CCCCN1C=CN(CCCC)C1.F[B-](F)(F)F. The van der Waals surface area contributed by atoms with Gasteiger partial charge in [-0.2, -0.15) is 0 Å². The summed E-state index contributed by atoms with van der Waals surface area (Å²) < 4.78 is 39.0. The molecule has 0 unspecified atom stereocenters. The number of halogens is 4. The van der Waals surface area contributed by atoms with Gasteiger partial charge in [0.05, 0.1) is 6.67 Å². The van der Waals surface area contributed by atoms with Crippen LogP contribution < -0.4 is 0 Å². The van der Waals surface area contributed by atoms with E-state index in [1.54, 1.807) is 0 Å². The Kier molecular flexibility index (Phi) is 8.67. The zero-order chi connectivity index (χ0) is 14.0. The molecule has 0 bridgehead atoms. The van der Waals surface area contributed by atoms with Gasteiger partial charge in [0.2, 0.25) is 0 Å². The maximum Gasteiger partial charge on any atom is 0.673 e. The van der Waals surface area contributed by atoms with Crippen LogP contribution in [0.25, 0.3) is 0 Å². The molecule has 0 spiro atoms. The Balaban J connectivity index is 0.000000494. The van der Waals surface area contributed by atoms with E-state index in [9.17, 15) is 17.3 Å². The molecule has 2 nitrogen and oxygen atoms in total. The first-order chi connectivity index (χ1) is 8.36. The Morgan fingerprint density at radius 1 is 0.889 bits per heavy atom. The van der Waals surface area contributed by atoms with E-state index in [1.807, 2.05) is 0 Å². The van der Waals surface area contributed by atoms with Crippen molar-refractivity contribution in [3.05, 3.63) is 12.4 Å². The molecule has 0 radical (unpaired) electrons. The van der Waals surface area contributed by atoms with Gasteiger partial charge in [-0.15, -0.1) is 0 Å². The standard InChI is InChI=1S/C11H22N2.BF4/c1-3-5-7-12-9-10-13(11-12)8-6-4-2;2-1(3,4)5/h9-10H,3-8,11H2,1-2H3;/q;-1. The second-order valence-corrected chi connectivity index (χ2v) is 4.27. The van der Waals surface area contributed by atoms with Crippen molar-refractivity contribution in [1.82, 2.24) is 9.80 Å². The molecule has 1 rings (SSSR count). The topological polar surface area (TPSA) is 6.48 Å². The average Bonchev–Trinajstić information content (AvgIpc) is 2.69. The lowest BCUT2D eigenvalue weighted by Crippen LogP contribution is -2.26. The Labute approximate surface area is 107 Å². The third-order valence-corrected chi connectivity index (χ3v) is 2.45. The van der Waals surface area contributed by atoms with Crippen LogP contribution in [0.5, 0.6) is 0 Å². The number of hydrogen-bond acceptors (Lipinski definition) is 2. The maximum absolute atomic E-state index is 9.75. The van der Waals surface area contributed by atoms with Gasteiger partial charge in [-0.1, -0.05) is 26.7 Å². The molecule has 0 aromatic rings. The van der Waals surface area contributed by atoms with E-state index in [2.05, 4.69) is 36.0 Å². The molecule has 0 saturated carbocycles. The van der Waals surface area contributed by atoms with Gasteiger partial charge < -0.3 is 27.1 Å². The third-order valence-electron chi connectivity index (χ3n) is 2.45. The van der Waals surface area contributed by atoms with Gasteiger partial charge >= 0.3 is 7.25 Å². The van der Waals surface area contributed by atoms with Crippen LogP contribution in [0.4, 0.5) is 17.3 Å². The second kappa shape index (κ2) is 9.11. The summed E-state index contributed by atoms with van der Waals surface area (Å²) in [5.74, 6) is 0. The molecule has 0 aromatic heterocycles. The van der Waals surface area contributed by atoms with Gasteiger partial charge in [-0.25, -0.2) is 0 Å². The molecule has 0 fully saturated rings. The highest BCUT2D eigenvalue weighted by atomic mass is 19.5. The summed E-state index contributed by atoms with van der Waals surface area (Å²) in [4.78, 5) is 4.80. The first kappa shape index (κ1) is 17.1. The first-order valence-electron chi connectivity index (χ1n) is 6.40. The van der Waals surface area contributed by atoms with Gasteiger partial charge in [-0.05, 0) is 12.8 Å². The highest BCUT2D eigenvalue weighted by molar-refractivity contribution is 6.50. The van der Waals surface area contributed by atoms with E-state index in [1.165, 1.54) is 38.8 Å². The number of nitrogens with zero attached hydrogens (tertiary/aromatic N) is 2. The van der Waals surface area contributed by atoms with Crippen molar-refractivity contribution < 1.29 is 17.3 Å². The highest BCUT2D eigenvalue weighted by Crippen LogP contribution is 2.08. The molecule has 0 N–H and O–H groups in total. The van der Waals surface area contributed by atoms with Crippen molar-refractivity contribution in [2.24, 2.45) is 0 Å². The lowest BCUT2D eigenvalue weighted by Gasteiger charge is -2.20. The van der Waals surface area contributed by atoms with Crippen LogP contribution in [0.3, 0.4) is 0 Å². The van der Waals surface area contributed by atoms with Gasteiger partial charge in [0.1, 0.15) is 0 Å².